The Bertz CT molecular complexity index is 651. The van der Waals surface area contributed by atoms with Crippen LogP contribution in [0, 0.1) is 0 Å². The molecule has 1 fully saturated rings. The van der Waals surface area contributed by atoms with E-state index in [9.17, 15) is 13.6 Å². The Morgan fingerprint density at radius 1 is 1.09 bits per heavy atom. The van der Waals surface area contributed by atoms with E-state index in [1.54, 1.807) is 24.5 Å². The van der Waals surface area contributed by atoms with Crippen molar-refractivity contribution in [3.05, 3.63) is 42.6 Å². The molecule has 3 heterocycles. The third-order valence-corrected chi connectivity index (χ3v) is 3.65. The van der Waals surface area contributed by atoms with Gasteiger partial charge in [0.15, 0.2) is 0 Å². The maximum atomic E-state index is 13.1. The highest BCUT2D eigenvalue weighted by molar-refractivity contribution is 5.94. The molecule has 1 amide bonds. The zero-order chi connectivity index (χ0) is 15.6. The summed E-state index contributed by atoms with van der Waals surface area (Å²) in [5, 5.41) is 0. The smallest absolute Gasteiger partial charge is 0.255 e. The summed E-state index contributed by atoms with van der Waals surface area (Å²) in [4.78, 5) is 25.8. The Morgan fingerprint density at radius 2 is 1.77 bits per heavy atom. The molecule has 0 aliphatic carbocycles. The Morgan fingerprint density at radius 3 is 2.36 bits per heavy atom. The maximum absolute atomic E-state index is 13.1. The molecule has 2 aromatic heterocycles. The predicted molar refractivity (Wildman–Crippen MR) is 75.3 cm³/mol. The number of hydrogen-bond acceptors (Lipinski definition) is 4. The standard InChI is InChI=1S/C15H14F2N4O/c16-15(17)3-5-21(6-4-15)14(22)11-1-2-13(20-9-11)12-7-18-10-19-8-12/h1-2,7-10H,3-6H2. The van der Waals surface area contributed by atoms with Gasteiger partial charge in [-0.2, -0.15) is 0 Å². The quantitative estimate of drug-likeness (QED) is 0.855. The van der Waals surface area contributed by atoms with Crippen molar-refractivity contribution in [2.75, 3.05) is 13.1 Å². The predicted octanol–water partition coefficient (Wildman–Crippen LogP) is 2.41. The first-order valence-electron chi connectivity index (χ1n) is 6.94. The number of carbonyl (C=O) groups is 1. The third-order valence-electron chi connectivity index (χ3n) is 3.65. The average molecular weight is 304 g/mol. The second-order valence-electron chi connectivity index (χ2n) is 5.21. The fourth-order valence-electron chi connectivity index (χ4n) is 2.34. The second kappa shape index (κ2) is 5.75. The lowest BCUT2D eigenvalue weighted by Crippen LogP contribution is -2.42. The molecule has 0 saturated carbocycles. The normalized spacial score (nSPS) is 17.3. The molecule has 2 aromatic rings. The number of amides is 1. The number of nitrogens with zero attached hydrogens (tertiary/aromatic N) is 4. The van der Waals surface area contributed by atoms with E-state index in [-0.39, 0.29) is 31.8 Å². The van der Waals surface area contributed by atoms with Crippen molar-refractivity contribution in [3.8, 4) is 11.3 Å². The van der Waals surface area contributed by atoms with Crippen LogP contribution in [0.3, 0.4) is 0 Å². The number of hydrogen-bond donors (Lipinski definition) is 0. The van der Waals surface area contributed by atoms with E-state index >= 15 is 0 Å². The van der Waals surface area contributed by atoms with E-state index in [1.807, 2.05) is 0 Å². The lowest BCUT2D eigenvalue weighted by molar-refractivity contribution is -0.0494. The minimum Gasteiger partial charge on any atom is -0.338 e. The Balaban J connectivity index is 1.72. The van der Waals surface area contributed by atoms with Crippen molar-refractivity contribution in [1.29, 1.82) is 0 Å². The van der Waals surface area contributed by atoms with Crippen LogP contribution in [-0.4, -0.2) is 44.8 Å². The van der Waals surface area contributed by atoms with E-state index in [0.29, 0.717) is 11.3 Å². The van der Waals surface area contributed by atoms with Gasteiger partial charge >= 0.3 is 0 Å². The summed E-state index contributed by atoms with van der Waals surface area (Å²) < 4.78 is 26.2. The first-order chi connectivity index (χ1) is 10.6. The van der Waals surface area contributed by atoms with Crippen LogP contribution in [0.4, 0.5) is 8.78 Å². The van der Waals surface area contributed by atoms with E-state index in [4.69, 9.17) is 0 Å². The minimum atomic E-state index is -2.66. The topological polar surface area (TPSA) is 59.0 Å². The van der Waals surface area contributed by atoms with Crippen LogP contribution in [0.25, 0.3) is 11.3 Å². The summed E-state index contributed by atoms with van der Waals surface area (Å²) in [5.41, 5.74) is 1.80. The van der Waals surface area contributed by atoms with E-state index in [1.165, 1.54) is 17.4 Å². The van der Waals surface area contributed by atoms with Crippen LogP contribution < -0.4 is 0 Å². The minimum absolute atomic E-state index is 0.0696. The molecule has 7 heteroatoms. The van der Waals surface area contributed by atoms with Gasteiger partial charge in [-0.1, -0.05) is 0 Å². The van der Waals surface area contributed by atoms with Crippen molar-refractivity contribution in [1.82, 2.24) is 19.9 Å². The molecule has 0 N–H and O–H groups in total. The lowest BCUT2D eigenvalue weighted by Gasteiger charge is -2.31. The number of alkyl halides is 2. The zero-order valence-corrected chi connectivity index (χ0v) is 11.7. The van der Waals surface area contributed by atoms with Crippen LogP contribution in [-0.2, 0) is 0 Å². The molecular weight excluding hydrogens is 290 g/mol. The van der Waals surface area contributed by atoms with Crippen molar-refractivity contribution < 1.29 is 13.6 Å². The molecule has 0 bridgehead atoms. The Kier molecular flexibility index (Phi) is 3.79. The Labute approximate surface area is 126 Å². The molecule has 0 aromatic carbocycles. The first-order valence-corrected chi connectivity index (χ1v) is 6.94. The fraction of sp³-hybridized carbons (Fsp3) is 0.333. The summed E-state index contributed by atoms with van der Waals surface area (Å²) >= 11 is 0. The summed E-state index contributed by atoms with van der Waals surface area (Å²) in [6.45, 7) is 0.139. The monoisotopic (exact) mass is 304 g/mol. The average Bonchev–Trinajstić information content (AvgIpc) is 2.55. The van der Waals surface area contributed by atoms with Gasteiger partial charge in [0.25, 0.3) is 11.8 Å². The highest BCUT2D eigenvalue weighted by Crippen LogP contribution is 2.28. The number of carbonyl (C=O) groups excluding carboxylic acids is 1. The van der Waals surface area contributed by atoms with Gasteiger partial charge in [0.2, 0.25) is 0 Å². The number of likely N-dealkylation sites (tertiary alicyclic amines) is 1. The summed E-state index contributed by atoms with van der Waals surface area (Å²) in [6, 6.07) is 3.34. The molecule has 0 radical (unpaired) electrons. The Hall–Kier alpha value is -2.44. The maximum Gasteiger partial charge on any atom is 0.255 e. The second-order valence-corrected chi connectivity index (χ2v) is 5.21. The van der Waals surface area contributed by atoms with Crippen LogP contribution >= 0.6 is 0 Å². The number of pyridine rings is 1. The molecule has 1 aliphatic heterocycles. The van der Waals surface area contributed by atoms with Crippen molar-refractivity contribution in [2.45, 2.75) is 18.8 Å². The van der Waals surface area contributed by atoms with E-state index < -0.39 is 5.92 Å². The highest BCUT2D eigenvalue weighted by Gasteiger charge is 2.35. The molecule has 22 heavy (non-hydrogen) atoms. The van der Waals surface area contributed by atoms with Crippen LogP contribution in [0.1, 0.15) is 23.2 Å². The molecule has 3 rings (SSSR count). The van der Waals surface area contributed by atoms with Gasteiger partial charge in [-0.3, -0.25) is 9.78 Å². The van der Waals surface area contributed by atoms with Gasteiger partial charge in [0.05, 0.1) is 11.3 Å². The zero-order valence-electron chi connectivity index (χ0n) is 11.7. The van der Waals surface area contributed by atoms with Crippen molar-refractivity contribution >= 4 is 5.91 Å². The van der Waals surface area contributed by atoms with Gasteiger partial charge in [-0.25, -0.2) is 18.7 Å². The third kappa shape index (κ3) is 3.08. The van der Waals surface area contributed by atoms with Crippen LogP contribution in [0.5, 0.6) is 0 Å². The number of halogens is 2. The van der Waals surface area contributed by atoms with Crippen molar-refractivity contribution in [3.63, 3.8) is 0 Å². The van der Waals surface area contributed by atoms with Crippen LogP contribution in [0.15, 0.2) is 37.1 Å². The van der Waals surface area contributed by atoms with E-state index in [0.717, 1.165) is 5.56 Å². The largest absolute Gasteiger partial charge is 0.338 e. The van der Waals surface area contributed by atoms with Gasteiger partial charge in [-0.15, -0.1) is 0 Å². The molecule has 114 valence electrons. The molecule has 0 spiro atoms. The highest BCUT2D eigenvalue weighted by atomic mass is 19.3. The van der Waals surface area contributed by atoms with Crippen LogP contribution in [0.2, 0.25) is 0 Å². The first kappa shape index (κ1) is 14.5. The molecule has 0 unspecified atom stereocenters. The molecule has 1 aliphatic rings. The fourth-order valence-corrected chi connectivity index (χ4v) is 2.34. The summed E-state index contributed by atoms with van der Waals surface area (Å²) in [7, 11) is 0. The molecule has 0 atom stereocenters. The number of rotatable bonds is 2. The van der Waals surface area contributed by atoms with E-state index in [2.05, 4.69) is 15.0 Å². The SMILES string of the molecule is O=C(c1ccc(-c2cncnc2)nc1)N1CCC(F)(F)CC1. The van der Waals surface area contributed by atoms with Gasteiger partial charge in [0.1, 0.15) is 6.33 Å². The van der Waals surface area contributed by atoms with Crippen molar-refractivity contribution in [2.24, 2.45) is 0 Å². The molecule has 1 saturated heterocycles. The number of piperidine rings is 1. The van der Waals surface area contributed by atoms with Gasteiger partial charge in [-0.05, 0) is 12.1 Å². The molecular formula is C15H14F2N4O. The summed E-state index contributed by atoms with van der Waals surface area (Å²) in [5.74, 6) is -2.93. The van der Waals surface area contributed by atoms with Gasteiger partial charge in [0, 0.05) is 50.1 Å². The van der Waals surface area contributed by atoms with Gasteiger partial charge < -0.3 is 4.90 Å². The lowest BCUT2D eigenvalue weighted by atomic mass is 10.1. The summed E-state index contributed by atoms with van der Waals surface area (Å²) in [6.07, 6.45) is 5.56. The number of aromatic nitrogens is 3. The molecule has 5 nitrogen and oxygen atoms in total.